The number of hydrogen-bond donors (Lipinski definition) is 2. The van der Waals surface area contributed by atoms with Crippen LogP contribution in [0.25, 0.3) is 27.5 Å². The van der Waals surface area contributed by atoms with Gasteiger partial charge in [0.05, 0.1) is 103 Å². The average molecular weight is 1540 g/mol. The lowest BCUT2D eigenvalue weighted by atomic mass is 10.1. The van der Waals surface area contributed by atoms with Gasteiger partial charge < -0.3 is 25.1 Å². The number of ketones is 2. The fraction of sp³-hybridized carbons (Fsp3) is 0.130. The number of carboxylic acids is 1. The fourth-order valence-electron chi connectivity index (χ4n) is 7.12. The van der Waals surface area contributed by atoms with Crippen molar-refractivity contribution in [2.75, 3.05) is 27.1 Å². The molecule has 3 N–H and O–H groups in total. The third-order valence-corrected chi connectivity index (χ3v) is 15.7. The zero-order chi connectivity index (χ0) is 60.3. The van der Waals surface area contributed by atoms with Crippen LogP contribution in [0.2, 0.25) is 8.67 Å². The number of carbonyl (C=O) groups is 6. The van der Waals surface area contributed by atoms with E-state index in [-0.39, 0.29) is 40.4 Å². The number of aryl methyl sites for hydroxylation is 2. The summed E-state index contributed by atoms with van der Waals surface area (Å²) < 4.78 is 22.0. The maximum absolute atomic E-state index is 12.2. The second-order valence-corrected chi connectivity index (χ2v) is 23.7. The number of hydrogen-bond acceptors (Lipinski definition) is 18. The highest BCUT2D eigenvalue weighted by Gasteiger charge is 2.19. The molecule has 5 heterocycles. The lowest BCUT2D eigenvalue weighted by Gasteiger charge is -2.10. The standard InChI is InChI=1S/C21H15ClN4O4S.C17H13ClIN3O3S.C8H6IN3O2.C8H8INO2/c22-19-9-8-18(31-19)17(27)7-4-13-12-26(24-23-13)16-6-5-14(11-15(16)21(29)30)25-10-2-1-3-20(25)28;1-25-17(24)12-8-10(19)2-4-13(12)22-9-11(20-21-22)3-5-14(23)15-6-7-16(18)26-15;1-14-8(13)6-4-5(9)2-3-7(6)11-12-10;1-12-8(11)6-4-5(9)2-3-7(6)10/h1-3,5-6,8-12H,4,7H2,(H,29,30);2,4,6-9H,3,5H2,1H3;2-4H,1H3;2-4H,10H2,1H3. The number of nitrogen functional groups attached to an aromatic ring is 1. The third-order valence-electron chi connectivity index (χ3n) is 11.1. The number of rotatable bonds is 16. The smallest absolute Gasteiger partial charge is 0.340 e. The largest absolute Gasteiger partial charge is 0.478 e. The molecule has 0 atom stereocenters. The van der Waals surface area contributed by atoms with E-state index in [2.05, 4.69) is 108 Å². The fourth-order valence-corrected chi connectivity index (χ4v) is 10.6. The molecule has 0 amide bonds. The van der Waals surface area contributed by atoms with E-state index in [0.29, 0.717) is 83.0 Å². The minimum absolute atomic E-state index is 0.0148. The van der Waals surface area contributed by atoms with Crippen LogP contribution in [0.5, 0.6) is 0 Å². The summed E-state index contributed by atoms with van der Waals surface area (Å²) in [6.07, 6.45) is 6.21. The Morgan fingerprint density at radius 2 is 1.12 bits per heavy atom. The molecular weight excluding hydrogens is 1490 g/mol. The molecule has 83 heavy (non-hydrogen) atoms. The van der Waals surface area contributed by atoms with Crippen molar-refractivity contribution >= 4 is 160 Å². The number of aromatic carboxylic acids is 1. The van der Waals surface area contributed by atoms with Crippen LogP contribution in [0.4, 0.5) is 11.4 Å². The quantitative estimate of drug-likeness (QED) is 0.0133. The Labute approximate surface area is 530 Å². The molecule has 0 bridgehead atoms. The highest BCUT2D eigenvalue weighted by atomic mass is 127. The molecule has 0 fully saturated rings. The molecule has 0 saturated carbocycles. The second kappa shape index (κ2) is 31.3. The molecule has 5 aromatic heterocycles. The summed E-state index contributed by atoms with van der Waals surface area (Å²) in [5, 5.41) is 29.3. The summed E-state index contributed by atoms with van der Waals surface area (Å²) in [7, 11) is 3.95. The summed E-state index contributed by atoms with van der Waals surface area (Å²) in [5.74, 6) is -2.55. The molecule has 0 unspecified atom stereocenters. The van der Waals surface area contributed by atoms with Crippen molar-refractivity contribution in [1.82, 2.24) is 34.6 Å². The Hall–Kier alpha value is -7.39. The number of anilines is 1. The number of halogens is 5. The zero-order valence-corrected chi connectivity index (χ0v) is 52.9. The van der Waals surface area contributed by atoms with E-state index in [1.54, 1.807) is 110 Å². The number of pyridine rings is 1. The molecule has 0 saturated heterocycles. The molecule has 22 nitrogen and oxygen atoms in total. The molecule has 29 heteroatoms. The molecule has 0 spiro atoms. The Kier molecular flexibility index (Phi) is 24.4. The molecule has 9 aromatic rings. The van der Waals surface area contributed by atoms with Gasteiger partial charge in [-0.3, -0.25) is 19.0 Å². The normalized spacial score (nSPS) is 10.3. The first-order chi connectivity index (χ1) is 39.7. The van der Waals surface area contributed by atoms with Gasteiger partial charge in [-0.1, -0.05) is 50.9 Å². The van der Waals surface area contributed by atoms with Gasteiger partial charge in [0.1, 0.15) is 0 Å². The molecule has 4 aromatic carbocycles. The van der Waals surface area contributed by atoms with Gasteiger partial charge in [-0.2, -0.15) is 0 Å². The number of ether oxygens (including phenoxy) is 3. The number of carbonyl (C=O) groups excluding carboxylic acids is 5. The Morgan fingerprint density at radius 1 is 0.639 bits per heavy atom. The van der Waals surface area contributed by atoms with E-state index in [0.717, 1.165) is 10.7 Å². The number of esters is 3. The third kappa shape index (κ3) is 18.3. The van der Waals surface area contributed by atoms with Crippen LogP contribution in [0.1, 0.15) is 85.0 Å². The summed E-state index contributed by atoms with van der Waals surface area (Å²) in [4.78, 5) is 86.5. The molecule has 0 aliphatic heterocycles. The summed E-state index contributed by atoms with van der Waals surface area (Å²) in [6.45, 7) is 0. The van der Waals surface area contributed by atoms with Crippen molar-refractivity contribution in [1.29, 1.82) is 0 Å². The van der Waals surface area contributed by atoms with Crippen LogP contribution < -0.4 is 11.3 Å². The van der Waals surface area contributed by atoms with Crippen molar-refractivity contribution in [2.24, 2.45) is 5.11 Å². The monoisotopic (exact) mass is 1530 g/mol. The van der Waals surface area contributed by atoms with Gasteiger partial charge in [0.2, 0.25) is 0 Å². The highest BCUT2D eigenvalue weighted by molar-refractivity contribution is 14.1. The first-order valence-electron chi connectivity index (χ1n) is 23.6. The first kappa shape index (κ1) is 64.8. The maximum atomic E-state index is 12.2. The van der Waals surface area contributed by atoms with Crippen LogP contribution in [0.15, 0.2) is 144 Å². The number of benzene rings is 4. The van der Waals surface area contributed by atoms with Gasteiger partial charge in [0.25, 0.3) is 5.56 Å². The molecule has 0 aliphatic carbocycles. The number of methoxy groups -OCH3 is 3. The second-order valence-electron chi connectivity index (χ2n) is 16.5. The minimum atomic E-state index is -1.16. The maximum Gasteiger partial charge on any atom is 0.340 e. The number of Topliss-reactive ketones (excluding diaryl/α,β-unsaturated/α-hetero) is 2. The molecule has 9 rings (SSSR count). The Morgan fingerprint density at radius 3 is 1.63 bits per heavy atom. The van der Waals surface area contributed by atoms with E-state index >= 15 is 0 Å². The van der Waals surface area contributed by atoms with Gasteiger partial charge in [0.15, 0.2) is 11.6 Å². The van der Waals surface area contributed by atoms with E-state index < -0.39 is 23.9 Å². The number of nitrogens with zero attached hydrogens (tertiary/aromatic N) is 10. The van der Waals surface area contributed by atoms with E-state index in [1.165, 1.54) is 70.1 Å². The van der Waals surface area contributed by atoms with E-state index in [4.69, 9.17) is 39.2 Å². The van der Waals surface area contributed by atoms with Crippen molar-refractivity contribution in [3.05, 3.63) is 217 Å². The summed E-state index contributed by atoms with van der Waals surface area (Å²) >= 11 is 20.5. The minimum Gasteiger partial charge on any atom is -0.478 e. The van der Waals surface area contributed by atoms with Crippen LogP contribution in [0, 0.1) is 10.7 Å². The number of azide groups is 1. The molecule has 0 radical (unpaired) electrons. The number of thiophene rings is 2. The lowest BCUT2D eigenvalue weighted by molar-refractivity contribution is 0.0592. The zero-order valence-electron chi connectivity index (χ0n) is 43.3. The van der Waals surface area contributed by atoms with E-state index in [1.807, 2.05) is 12.1 Å². The topological polar surface area (TPSA) is 309 Å². The molecular formula is C54H42Cl2I3N11O11S2. The van der Waals surface area contributed by atoms with Gasteiger partial charge in [-0.15, -0.1) is 32.9 Å². The van der Waals surface area contributed by atoms with Crippen molar-refractivity contribution in [3.8, 4) is 17.1 Å². The average Bonchev–Trinajstić information content (AvgIpc) is 4.53. The SMILES string of the molecule is COC(=O)c1cc(I)ccc1-n1cc(CCC(=O)c2ccc(Cl)s2)nn1.COC(=O)c1cc(I)ccc1N.COC(=O)c1cc(I)ccc1N=[N+]=[N-].O=C(CCc1cn(-c2ccc(-n3ccccc3=O)cc2C(=O)O)nn1)c1ccc(Cl)s1. The van der Waals surface area contributed by atoms with Crippen molar-refractivity contribution in [3.63, 3.8) is 0 Å². The molecule has 0 aliphatic rings. The van der Waals surface area contributed by atoms with Gasteiger partial charge in [0, 0.05) is 64.9 Å². The molecule has 426 valence electrons. The van der Waals surface area contributed by atoms with Crippen LogP contribution in [-0.2, 0) is 27.1 Å². The van der Waals surface area contributed by atoms with Crippen molar-refractivity contribution < 1.29 is 48.1 Å². The Balaban J connectivity index is 0.000000191. The van der Waals surface area contributed by atoms with Gasteiger partial charge in [-0.25, -0.2) is 28.5 Å². The van der Waals surface area contributed by atoms with Crippen LogP contribution >= 0.6 is 114 Å². The predicted octanol–water partition coefficient (Wildman–Crippen LogP) is 12.5. The Bertz CT molecular complexity index is 3970. The summed E-state index contributed by atoms with van der Waals surface area (Å²) in [5.41, 5.74) is 17.9. The van der Waals surface area contributed by atoms with Gasteiger partial charge in [-0.05, 0) is 170 Å². The number of carboxylic acid groups (broad SMARTS) is 1. The van der Waals surface area contributed by atoms with Crippen LogP contribution in [-0.4, -0.2) is 96.4 Å². The van der Waals surface area contributed by atoms with E-state index in [9.17, 15) is 38.7 Å². The number of aromatic nitrogens is 7. The predicted molar refractivity (Wildman–Crippen MR) is 338 cm³/mol. The lowest BCUT2D eigenvalue weighted by Crippen LogP contribution is -2.16. The highest BCUT2D eigenvalue weighted by Crippen LogP contribution is 2.27. The van der Waals surface area contributed by atoms with Crippen LogP contribution in [0.3, 0.4) is 0 Å². The van der Waals surface area contributed by atoms with Crippen molar-refractivity contribution in [2.45, 2.75) is 25.7 Å². The number of nitrogens with two attached hydrogens (primary N) is 1. The van der Waals surface area contributed by atoms with Gasteiger partial charge >= 0.3 is 23.9 Å². The first-order valence-corrected chi connectivity index (χ1v) is 29.3. The summed E-state index contributed by atoms with van der Waals surface area (Å²) in [6, 6.07) is 31.6.